The van der Waals surface area contributed by atoms with Crippen LogP contribution in [0.1, 0.15) is 47.8 Å². The molecule has 1 heterocycles. The monoisotopic (exact) mass is 412 g/mol. The van der Waals surface area contributed by atoms with Gasteiger partial charge in [0.05, 0.1) is 0 Å². The molecule has 2 aromatic rings. The molecule has 3 rings (SSSR count). The highest BCUT2D eigenvalue weighted by Gasteiger charge is 2.33. The molecule has 0 radical (unpaired) electrons. The number of nitrogens with one attached hydrogen (secondary N) is 1. The van der Waals surface area contributed by atoms with Gasteiger partial charge in [-0.3, -0.25) is 0 Å². The van der Waals surface area contributed by atoms with Crippen LogP contribution in [0.5, 0.6) is 11.5 Å². The van der Waals surface area contributed by atoms with E-state index in [0.717, 1.165) is 16.8 Å². The van der Waals surface area contributed by atoms with Crippen LogP contribution in [0.3, 0.4) is 0 Å². The van der Waals surface area contributed by atoms with Crippen molar-refractivity contribution in [3.8, 4) is 11.5 Å². The first-order valence-corrected chi connectivity index (χ1v) is 9.83. The standard InChI is InChI=1S/C23H28N2O5/c1-14-18(21(26)28-15-10-8-7-9-11-15)20(29-22(27)30-23(2,3)4)17-13-24-12-16(17)19(14)25(5)6/h7-11,24H,12-13H2,1-6H3. The van der Waals surface area contributed by atoms with Crippen molar-refractivity contribution in [1.82, 2.24) is 5.32 Å². The van der Waals surface area contributed by atoms with Crippen LogP contribution < -0.4 is 19.7 Å². The average molecular weight is 412 g/mol. The second-order valence-electron chi connectivity index (χ2n) is 8.40. The second kappa shape index (κ2) is 8.36. The van der Waals surface area contributed by atoms with Gasteiger partial charge in [-0.25, -0.2) is 9.59 Å². The lowest BCUT2D eigenvalue weighted by Gasteiger charge is -2.25. The fraction of sp³-hybridized carbons (Fsp3) is 0.391. The molecule has 30 heavy (non-hydrogen) atoms. The van der Waals surface area contributed by atoms with Crippen molar-refractivity contribution < 1.29 is 23.8 Å². The van der Waals surface area contributed by atoms with Gasteiger partial charge in [0, 0.05) is 38.4 Å². The third-order valence-electron chi connectivity index (χ3n) is 4.67. The Hall–Kier alpha value is -3.06. The number of carbonyl (C=O) groups is 2. The van der Waals surface area contributed by atoms with Crippen LogP contribution in [0.2, 0.25) is 0 Å². The summed E-state index contributed by atoms with van der Waals surface area (Å²) in [6.45, 7) is 8.18. The van der Waals surface area contributed by atoms with Crippen molar-refractivity contribution in [2.75, 3.05) is 19.0 Å². The number of rotatable bonds is 4. The highest BCUT2D eigenvalue weighted by molar-refractivity contribution is 5.99. The maximum atomic E-state index is 13.2. The van der Waals surface area contributed by atoms with Crippen LogP contribution in [0.15, 0.2) is 30.3 Å². The van der Waals surface area contributed by atoms with Crippen molar-refractivity contribution in [3.05, 3.63) is 52.6 Å². The first-order valence-electron chi connectivity index (χ1n) is 9.83. The summed E-state index contributed by atoms with van der Waals surface area (Å²) in [6, 6.07) is 8.80. The topological polar surface area (TPSA) is 77.1 Å². The number of hydrogen-bond donors (Lipinski definition) is 1. The van der Waals surface area contributed by atoms with Crippen LogP contribution in [0.4, 0.5) is 10.5 Å². The van der Waals surface area contributed by atoms with Crippen molar-refractivity contribution >= 4 is 17.8 Å². The van der Waals surface area contributed by atoms with Crippen LogP contribution in [0.25, 0.3) is 0 Å². The Morgan fingerprint density at radius 1 is 1.00 bits per heavy atom. The predicted molar refractivity (Wildman–Crippen MR) is 114 cm³/mol. The van der Waals surface area contributed by atoms with Crippen molar-refractivity contribution in [2.45, 2.75) is 46.4 Å². The summed E-state index contributed by atoms with van der Waals surface area (Å²) in [5.41, 5.74) is 2.84. The number of anilines is 1. The molecule has 0 saturated carbocycles. The molecular formula is C23H28N2O5. The summed E-state index contributed by atoms with van der Waals surface area (Å²) in [4.78, 5) is 27.6. The van der Waals surface area contributed by atoms with E-state index in [4.69, 9.17) is 14.2 Å². The van der Waals surface area contributed by atoms with Gasteiger partial charge in [0.1, 0.15) is 16.9 Å². The Balaban J connectivity index is 2.11. The zero-order valence-corrected chi connectivity index (χ0v) is 18.3. The SMILES string of the molecule is Cc1c(C(=O)Oc2ccccc2)c(OC(=O)OC(C)(C)C)c2c(c1N(C)C)CNC2. The molecule has 0 amide bonds. The normalized spacial score (nSPS) is 12.9. The fourth-order valence-corrected chi connectivity index (χ4v) is 3.60. The maximum Gasteiger partial charge on any atom is 0.514 e. The summed E-state index contributed by atoms with van der Waals surface area (Å²) >= 11 is 0. The minimum Gasteiger partial charge on any atom is -0.428 e. The summed E-state index contributed by atoms with van der Waals surface area (Å²) in [5, 5.41) is 3.28. The number of nitrogens with zero attached hydrogens (tertiary/aromatic N) is 1. The van der Waals surface area contributed by atoms with Gasteiger partial charge >= 0.3 is 12.1 Å². The van der Waals surface area contributed by atoms with Gasteiger partial charge in [0.25, 0.3) is 0 Å². The number of esters is 1. The minimum absolute atomic E-state index is 0.188. The molecule has 0 atom stereocenters. The molecule has 0 aromatic heterocycles. The molecule has 0 saturated heterocycles. The molecule has 7 heteroatoms. The number of benzene rings is 2. The molecule has 0 unspecified atom stereocenters. The predicted octanol–water partition coefficient (Wildman–Crippen LogP) is 4.20. The van der Waals surface area contributed by atoms with E-state index in [2.05, 4.69) is 5.32 Å². The first kappa shape index (κ1) is 21.6. The molecule has 0 bridgehead atoms. The van der Waals surface area contributed by atoms with E-state index < -0.39 is 17.7 Å². The smallest absolute Gasteiger partial charge is 0.428 e. The van der Waals surface area contributed by atoms with E-state index in [1.807, 2.05) is 32.0 Å². The number of para-hydroxylation sites is 1. The van der Waals surface area contributed by atoms with Crippen LogP contribution in [-0.2, 0) is 17.8 Å². The maximum absolute atomic E-state index is 13.2. The van der Waals surface area contributed by atoms with Gasteiger partial charge in [-0.05, 0) is 51.0 Å². The van der Waals surface area contributed by atoms with E-state index in [1.165, 1.54) is 0 Å². The summed E-state index contributed by atoms with van der Waals surface area (Å²) in [6.07, 6.45) is -0.859. The lowest BCUT2D eigenvalue weighted by molar-refractivity contribution is 0.0202. The summed E-state index contributed by atoms with van der Waals surface area (Å²) < 4.78 is 16.5. The molecule has 1 aliphatic heterocycles. The lowest BCUT2D eigenvalue weighted by atomic mass is 9.95. The fourth-order valence-electron chi connectivity index (χ4n) is 3.60. The Morgan fingerprint density at radius 2 is 1.63 bits per heavy atom. The Kier molecular flexibility index (Phi) is 6.03. The molecule has 7 nitrogen and oxygen atoms in total. The Bertz CT molecular complexity index is 962. The molecular weight excluding hydrogens is 384 g/mol. The molecule has 160 valence electrons. The zero-order chi connectivity index (χ0) is 22.1. The van der Waals surface area contributed by atoms with E-state index in [9.17, 15) is 9.59 Å². The van der Waals surface area contributed by atoms with Crippen molar-refractivity contribution in [2.24, 2.45) is 0 Å². The summed E-state index contributed by atoms with van der Waals surface area (Å²) in [5.74, 6) is 0.0125. The highest BCUT2D eigenvalue weighted by atomic mass is 16.7. The molecule has 1 N–H and O–H groups in total. The summed E-state index contributed by atoms with van der Waals surface area (Å²) in [7, 11) is 3.84. The quantitative estimate of drug-likeness (QED) is 0.458. The van der Waals surface area contributed by atoms with Crippen LogP contribution >= 0.6 is 0 Å². The first-order chi connectivity index (χ1) is 14.1. The molecule has 2 aromatic carbocycles. The molecule has 1 aliphatic rings. The van der Waals surface area contributed by atoms with E-state index in [1.54, 1.807) is 45.0 Å². The number of hydrogen-bond acceptors (Lipinski definition) is 7. The van der Waals surface area contributed by atoms with Gasteiger partial charge in [-0.2, -0.15) is 0 Å². The van der Waals surface area contributed by atoms with Crippen LogP contribution in [-0.4, -0.2) is 31.8 Å². The van der Waals surface area contributed by atoms with Gasteiger partial charge in [0.2, 0.25) is 0 Å². The van der Waals surface area contributed by atoms with Gasteiger partial charge in [0.15, 0.2) is 5.75 Å². The largest absolute Gasteiger partial charge is 0.514 e. The van der Waals surface area contributed by atoms with E-state index in [0.29, 0.717) is 24.4 Å². The third kappa shape index (κ3) is 4.57. The molecule has 0 aliphatic carbocycles. The van der Waals surface area contributed by atoms with Crippen molar-refractivity contribution in [3.63, 3.8) is 0 Å². The zero-order valence-electron chi connectivity index (χ0n) is 18.3. The Morgan fingerprint density at radius 3 is 2.23 bits per heavy atom. The lowest BCUT2D eigenvalue weighted by Crippen LogP contribution is -2.27. The number of fused-ring (bicyclic) bond motifs is 1. The number of ether oxygens (including phenoxy) is 3. The average Bonchev–Trinajstić information content (AvgIpc) is 3.09. The number of carbonyl (C=O) groups excluding carboxylic acids is 2. The van der Waals surface area contributed by atoms with Gasteiger partial charge < -0.3 is 24.4 Å². The van der Waals surface area contributed by atoms with Crippen molar-refractivity contribution in [1.29, 1.82) is 0 Å². The second-order valence-corrected chi connectivity index (χ2v) is 8.40. The van der Waals surface area contributed by atoms with Gasteiger partial charge in [-0.15, -0.1) is 0 Å². The highest BCUT2D eigenvalue weighted by Crippen LogP contribution is 2.41. The van der Waals surface area contributed by atoms with Crippen LogP contribution in [0, 0.1) is 6.92 Å². The molecule has 0 spiro atoms. The molecule has 0 fully saturated rings. The van der Waals surface area contributed by atoms with Gasteiger partial charge in [-0.1, -0.05) is 18.2 Å². The minimum atomic E-state index is -0.859. The third-order valence-corrected chi connectivity index (χ3v) is 4.67. The van der Waals surface area contributed by atoms with E-state index >= 15 is 0 Å². The Labute approximate surface area is 176 Å². The van der Waals surface area contributed by atoms with E-state index in [-0.39, 0.29) is 11.3 Å².